The molecule has 4 atom stereocenters. The van der Waals surface area contributed by atoms with Crippen molar-refractivity contribution in [3.63, 3.8) is 0 Å². The maximum Gasteiger partial charge on any atom is 0.309 e. The molecule has 0 radical (unpaired) electrons. The van der Waals surface area contributed by atoms with Crippen LogP contribution in [0.2, 0.25) is 0 Å². The van der Waals surface area contributed by atoms with Crippen molar-refractivity contribution < 1.29 is 19.4 Å². The van der Waals surface area contributed by atoms with Crippen LogP contribution >= 0.6 is 11.6 Å². The number of hydrogen-bond donors (Lipinski definition) is 1. The molecule has 0 bridgehead atoms. The molecule has 1 unspecified atom stereocenters. The third-order valence-corrected chi connectivity index (χ3v) is 4.11. The van der Waals surface area contributed by atoms with Gasteiger partial charge < -0.3 is 14.6 Å². The summed E-state index contributed by atoms with van der Waals surface area (Å²) in [5.74, 6) is -0.511. The zero-order valence-electron chi connectivity index (χ0n) is 12.0. The summed E-state index contributed by atoms with van der Waals surface area (Å²) in [7, 11) is 0. The molecule has 1 N–H and O–H groups in total. The van der Waals surface area contributed by atoms with E-state index in [1.807, 2.05) is 13.8 Å². The number of carbonyl (C=O) groups is 1. The summed E-state index contributed by atoms with van der Waals surface area (Å²) in [6, 6.07) is 0. The summed E-state index contributed by atoms with van der Waals surface area (Å²) in [6.07, 6.45) is 1.71. The smallest absolute Gasteiger partial charge is 0.309 e. The van der Waals surface area contributed by atoms with Gasteiger partial charge in [0.2, 0.25) is 0 Å². The van der Waals surface area contributed by atoms with Crippen molar-refractivity contribution >= 4 is 17.6 Å². The van der Waals surface area contributed by atoms with Gasteiger partial charge in [0.15, 0.2) is 0 Å². The monoisotopic (exact) mass is 292 g/mol. The number of aliphatic hydroxyl groups is 1. The van der Waals surface area contributed by atoms with Crippen LogP contribution in [0.1, 0.15) is 46.5 Å². The maximum absolute atomic E-state index is 11.8. The molecule has 0 aromatic carbocycles. The Morgan fingerprint density at radius 1 is 1.32 bits per heavy atom. The third-order valence-electron chi connectivity index (χ3n) is 3.68. The molecule has 0 aliphatic heterocycles. The lowest BCUT2D eigenvalue weighted by Gasteiger charge is -2.37. The van der Waals surface area contributed by atoms with Crippen molar-refractivity contribution in [2.75, 3.05) is 6.61 Å². The van der Waals surface area contributed by atoms with E-state index in [4.69, 9.17) is 21.1 Å². The molecule has 0 aromatic rings. The van der Waals surface area contributed by atoms with E-state index in [0.717, 1.165) is 12.8 Å². The highest BCUT2D eigenvalue weighted by molar-refractivity contribution is 6.21. The lowest BCUT2D eigenvalue weighted by atomic mass is 9.84. The highest BCUT2D eigenvalue weighted by Crippen LogP contribution is 2.32. The van der Waals surface area contributed by atoms with E-state index < -0.39 is 11.5 Å². The van der Waals surface area contributed by atoms with Crippen molar-refractivity contribution in [2.24, 2.45) is 5.92 Å². The minimum absolute atomic E-state index is 0.101. The number of hydrogen-bond acceptors (Lipinski definition) is 4. The number of carbonyl (C=O) groups excluding carboxylic acids is 1. The summed E-state index contributed by atoms with van der Waals surface area (Å²) in [5, 5.41) is 9.64. The van der Waals surface area contributed by atoms with Crippen LogP contribution in [-0.4, -0.2) is 41.4 Å². The zero-order valence-corrected chi connectivity index (χ0v) is 12.7. The standard InChI is InChI=1S/C14H25ClO4/c1-4-10(5-2)19-12-8-9(14(17)18-6-3)7-11(15)13(12)16/h9-13,16H,4-8H2,1-3H3/t9?,11-,12-,13+/m1/s1. The van der Waals surface area contributed by atoms with E-state index in [-0.39, 0.29) is 24.1 Å². The highest BCUT2D eigenvalue weighted by atomic mass is 35.5. The molecule has 1 aliphatic carbocycles. The van der Waals surface area contributed by atoms with E-state index in [1.54, 1.807) is 6.92 Å². The molecule has 1 saturated carbocycles. The minimum Gasteiger partial charge on any atom is -0.466 e. The van der Waals surface area contributed by atoms with Crippen LogP contribution in [0.3, 0.4) is 0 Å². The lowest BCUT2D eigenvalue weighted by Crippen LogP contribution is -2.46. The Morgan fingerprint density at radius 3 is 2.47 bits per heavy atom. The maximum atomic E-state index is 11.8. The summed E-state index contributed by atoms with van der Waals surface area (Å²) in [6.45, 7) is 6.24. The van der Waals surface area contributed by atoms with Gasteiger partial charge >= 0.3 is 5.97 Å². The largest absolute Gasteiger partial charge is 0.466 e. The van der Waals surface area contributed by atoms with Gasteiger partial charge in [-0.1, -0.05) is 13.8 Å². The Morgan fingerprint density at radius 2 is 1.95 bits per heavy atom. The van der Waals surface area contributed by atoms with Gasteiger partial charge in [0.05, 0.1) is 36.2 Å². The summed E-state index contributed by atoms with van der Waals surface area (Å²) < 4.78 is 10.9. The van der Waals surface area contributed by atoms with Gasteiger partial charge in [0, 0.05) is 0 Å². The Kier molecular flexibility index (Phi) is 7.11. The second-order valence-corrected chi connectivity index (χ2v) is 5.60. The Hall–Kier alpha value is -0.320. The molecule has 0 saturated heterocycles. The summed E-state index contributed by atoms with van der Waals surface area (Å²) in [4.78, 5) is 11.8. The lowest BCUT2D eigenvalue weighted by molar-refractivity contribution is -0.156. The van der Waals surface area contributed by atoms with Crippen LogP contribution in [0, 0.1) is 5.92 Å². The van der Waals surface area contributed by atoms with Crippen LogP contribution in [0.25, 0.3) is 0 Å². The number of halogens is 1. The van der Waals surface area contributed by atoms with Crippen LogP contribution in [0.15, 0.2) is 0 Å². The number of rotatable bonds is 6. The summed E-state index contributed by atoms with van der Waals surface area (Å²) >= 11 is 6.13. The number of aliphatic hydroxyl groups excluding tert-OH is 1. The molecule has 0 spiro atoms. The third kappa shape index (κ3) is 4.62. The SMILES string of the molecule is CCOC(=O)C1C[C@@H](Cl)[C@H](O)[C@H](OC(CC)CC)C1. The molecular weight excluding hydrogens is 268 g/mol. The van der Waals surface area contributed by atoms with E-state index >= 15 is 0 Å². The normalized spacial score (nSPS) is 31.5. The topological polar surface area (TPSA) is 55.8 Å². The van der Waals surface area contributed by atoms with Gasteiger partial charge in [0.25, 0.3) is 0 Å². The van der Waals surface area contributed by atoms with Crippen molar-refractivity contribution in [3.8, 4) is 0 Å². The second-order valence-electron chi connectivity index (χ2n) is 5.04. The van der Waals surface area contributed by atoms with Gasteiger partial charge in [-0.05, 0) is 32.6 Å². The zero-order chi connectivity index (χ0) is 14.4. The number of alkyl halides is 1. The average Bonchev–Trinajstić information content (AvgIpc) is 2.40. The van der Waals surface area contributed by atoms with Gasteiger partial charge in [-0.25, -0.2) is 0 Å². The van der Waals surface area contributed by atoms with Crippen molar-refractivity contribution in [1.82, 2.24) is 0 Å². The fourth-order valence-electron chi connectivity index (χ4n) is 2.48. The first-order valence-corrected chi connectivity index (χ1v) is 7.61. The van der Waals surface area contributed by atoms with Crippen LogP contribution in [-0.2, 0) is 14.3 Å². The molecule has 112 valence electrons. The van der Waals surface area contributed by atoms with E-state index in [2.05, 4.69) is 0 Å². The Bertz CT molecular complexity index is 281. The molecule has 0 aromatic heterocycles. The summed E-state index contributed by atoms with van der Waals surface area (Å²) in [5.41, 5.74) is 0. The number of ether oxygens (including phenoxy) is 2. The van der Waals surface area contributed by atoms with Crippen LogP contribution in [0.4, 0.5) is 0 Å². The van der Waals surface area contributed by atoms with E-state index in [9.17, 15) is 9.90 Å². The first-order chi connectivity index (χ1) is 9.03. The fourth-order valence-corrected chi connectivity index (χ4v) is 2.85. The van der Waals surface area contributed by atoms with E-state index in [1.165, 1.54) is 0 Å². The van der Waals surface area contributed by atoms with Crippen molar-refractivity contribution in [1.29, 1.82) is 0 Å². The Balaban J connectivity index is 2.65. The second kappa shape index (κ2) is 8.08. The van der Waals surface area contributed by atoms with E-state index in [0.29, 0.717) is 19.4 Å². The predicted molar refractivity (Wildman–Crippen MR) is 74.2 cm³/mol. The molecule has 1 fully saturated rings. The van der Waals surface area contributed by atoms with Crippen LogP contribution < -0.4 is 0 Å². The predicted octanol–water partition coefficient (Wildman–Crippen LogP) is 2.50. The van der Waals surface area contributed by atoms with Gasteiger partial charge in [-0.3, -0.25) is 4.79 Å². The highest BCUT2D eigenvalue weighted by Gasteiger charge is 2.40. The number of esters is 1. The van der Waals surface area contributed by atoms with Crippen molar-refractivity contribution in [3.05, 3.63) is 0 Å². The molecule has 19 heavy (non-hydrogen) atoms. The molecule has 5 heteroatoms. The molecule has 4 nitrogen and oxygen atoms in total. The van der Waals surface area contributed by atoms with Gasteiger partial charge in [-0.2, -0.15) is 0 Å². The molecule has 0 heterocycles. The first-order valence-electron chi connectivity index (χ1n) is 7.17. The minimum atomic E-state index is -0.715. The first kappa shape index (κ1) is 16.7. The molecule has 1 aliphatic rings. The fraction of sp³-hybridized carbons (Fsp3) is 0.929. The van der Waals surface area contributed by atoms with Crippen LogP contribution in [0.5, 0.6) is 0 Å². The van der Waals surface area contributed by atoms with Gasteiger partial charge in [-0.15, -0.1) is 11.6 Å². The molecular formula is C14H25ClO4. The van der Waals surface area contributed by atoms with Crippen molar-refractivity contribution in [2.45, 2.75) is 70.1 Å². The van der Waals surface area contributed by atoms with Gasteiger partial charge in [0.1, 0.15) is 0 Å². The quantitative estimate of drug-likeness (QED) is 0.604. The molecule has 1 rings (SSSR count). The average molecular weight is 293 g/mol. The molecule has 0 amide bonds. The Labute approximate surface area is 120 Å².